The van der Waals surface area contributed by atoms with Crippen LogP contribution in [0.2, 0.25) is 0 Å². The first-order chi connectivity index (χ1) is 9.22. The maximum absolute atomic E-state index is 12.3. The molecule has 1 fully saturated rings. The van der Waals surface area contributed by atoms with Gasteiger partial charge in [-0.3, -0.25) is 4.79 Å². The van der Waals surface area contributed by atoms with Gasteiger partial charge in [0.2, 0.25) is 0 Å². The Bertz CT molecular complexity index is 428. The van der Waals surface area contributed by atoms with Gasteiger partial charge in [0.15, 0.2) is 6.10 Å². The number of likely N-dealkylation sites (tertiary alicyclic amines) is 1. The molecule has 0 radical (unpaired) electrons. The molecule has 1 heterocycles. The smallest absolute Gasteiger partial charge is 0.263 e. The lowest BCUT2D eigenvalue weighted by molar-refractivity contribution is -0.138. The molecule has 4 nitrogen and oxygen atoms in total. The van der Waals surface area contributed by atoms with E-state index >= 15 is 0 Å². The molecule has 0 aromatic heterocycles. The lowest BCUT2D eigenvalue weighted by atomic mass is 10.1. The SMILES string of the molecule is CC(Oc1ccccc1CN)C(=O)N1CCCCC1. The molecule has 2 N–H and O–H groups in total. The molecule has 1 aromatic carbocycles. The number of rotatable bonds is 4. The van der Waals surface area contributed by atoms with Gasteiger partial charge in [0.05, 0.1) is 0 Å². The van der Waals surface area contributed by atoms with Crippen LogP contribution in [0, 0.1) is 0 Å². The number of carbonyl (C=O) groups excluding carboxylic acids is 1. The van der Waals surface area contributed by atoms with Crippen molar-refractivity contribution in [2.45, 2.75) is 38.8 Å². The first-order valence-corrected chi connectivity index (χ1v) is 6.96. The molecule has 1 saturated heterocycles. The van der Waals surface area contributed by atoms with E-state index in [2.05, 4.69) is 0 Å². The molecule has 1 aliphatic heterocycles. The van der Waals surface area contributed by atoms with Crippen LogP contribution in [0.1, 0.15) is 31.7 Å². The number of piperidine rings is 1. The Morgan fingerprint density at radius 2 is 2.00 bits per heavy atom. The number of amides is 1. The fraction of sp³-hybridized carbons (Fsp3) is 0.533. The Morgan fingerprint density at radius 3 is 2.68 bits per heavy atom. The highest BCUT2D eigenvalue weighted by molar-refractivity contribution is 5.81. The van der Waals surface area contributed by atoms with Crippen LogP contribution in [0.15, 0.2) is 24.3 Å². The van der Waals surface area contributed by atoms with Gasteiger partial charge in [-0.15, -0.1) is 0 Å². The van der Waals surface area contributed by atoms with E-state index in [0.717, 1.165) is 31.5 Å². The fourth-order valence-electron chi connectivity index (χ4n) is 2.40. The van der Waals surface area contributed by atoms with Gasteiger partial charge in [-0.2, -0.15) is 0 Å². The Morgan fingerprint density at radius 1 is 1.32 bits per heavy atom. The Labute approximate surface area is 114 Å². The number of nitrogens with zero attached hydrogens (tertiary/aromatic N) is 1. The van der Waals surface area contributed by atoms with Crippen molar-refractivity contribution < 1.29 is 9.53 Å². The molecular formula is C15H22N2O2. The zero-order chi connectivity index (χ0) is 13.7. The minimum atomic E-state index is -0.453. The van der Waals surface area contributed by atoms with Crippen molar-refractivity contribution in [2.24, 2.45) is 5.73 Å². The van der Waals surface area contributed by atoms with Gasteiger partial charge in [0.25, 0.3) is 5.91 Å². The number of para-hydroxylation sites is 1. The van der Waals surface area contributed by atoms with Crippen molar-refractivity contribution in [3.63, 3.8) is 0 Å². The summed E-state index contributed by atoms with van der Waals surface area (Å²) >= 11 is 0. The predicted molar refractivity (Wildman–Crippen MR) is 74.9 cm³/mol. The fourth-order valence-corrected chi connectivity index (χ4v) is 2.40. The second-order valence-electron chi connectivity index (χ2n) is 4.96. The predicted octanol–water partition coefficient (Wildman–Crippen LogP) is 1.93. The molecule has 1 amide bonds. The van der Waals surface area contributed by atoms with Gasteiger partial charge in [0, 0.05) is 25.2 Å². The van der Waals surface area contributed by atoms with E-state index < -0.39 is 6.10 Å². The Kier molecular flexibility index (Phi) is 4.80. The highest BCUT2D eigenvalue weighted by Gasteiger charge is 2.23. The van der Waals surface area contributed by atoms with Crippen LogP contribution in [0.5, 0.6) is 5.75 Å². The third-order valence-electron chi connectivity index (χ3n) is 3.51. The van der Waals surface area contributed by atoms with Crippen LogP contribution >= 0.6 is 0 Å². The average molecular weight is 262 g/mol. The third kappa shape index (κ3) is 3.47. The topological polar surface area (TPSA) is 55.6 Å². The molecule has 4 heteroatoms. The first-order valence-electron chi connectivity index (χ1n) is 6.96. The molecule has 0 saturated carbocycles. The van der Waals surface area contributed by atoms with Crippen molar-refractivity contribution in [3.05, 3.63) is 29.8 Å². The summed E-state index contributed by atoms with van der Waals surface area (Å²) in [6.45, 7) is 3.93. The molecule has 1 unspecified atom stereocenters. The summed E-state index contributed by atoms with van der Waals surface area (Å²) < 4.78 is 5.78. The van der Waals surface area contributed by atoms with Crippen molar-refractivity contribution in [1.29, 1.82) is 0 Å². The van der Waals surface area contributed by atoms with Crippen LogP contribution in [0.25, 0.3) is 0 Å². The van der Waals surface area contributed by atoms with Crippen LogP contribution in [0.3, 0.4) is 0 Å². The van der Waals surface area contributed by atoms with Crippen LogP contribution in [0.4, 0.5) is 0 Å². The monoisotopic (exact) mass is 262 g/mol. The average Bonchev–Trinajstić information content (AvgIpc) is 2.48. The minimum Gasteiger partial charge on any atom is -0.481 e. The maximum Gasteiger partial charge on any atom is 0.263 e. The van der Waals surface area contributed by atoms with E-state index in [1.54, 1.807) is 0 Å². The normalized spacial score (nSPS) is 17.1. The van der Waals surface area contributed by atoms with E-state index in [1.807, 2.05) is 36.1 Å². The van der Waals surface area contributed by atoms with Crippen molar-refractivity contribution in [1.82, 2.24) is 4.90 Å². The highest BCUT2D eigenvalue weighted by atomic mass is 16.5. The number of benzene rings is 1. The number of nitrogens with two attached hydrogens (primary N) is 1. The second kappa shape index (κ2) is 6.57. The standard InChI is InChI=1S/C15H22N2O2/c1-12(15(18)17-9-5-2-6-10-17)19-14-8-4-3-7-13(14)11-16/h3-4,7-8,12H,2,5-6,9-11,16H2,1H3. The lowest BCUT2D eigenvalue weighted by Gasteiger charge is -2.29. The molecular weight excluding hydrogens is 240 g/mol. The highest BCUT2D eigenvalue weighted by Crippen LogP contribution is 2.20. The molecule has 0 bridgehead atoms. The summed E-state index contributed by atoms with van der Waals surface area (Å²) in [7, 11) is 0. The summed E-state index contributed by atoms with van der Waals surface area (Å²) in [6, 6.07) is 7.61. The summed E-state index contributed by atoms with van der Waals surface area (Å²) in [6.07, 6.45) is 2.95. The number of ether oxygens (including phenoxy) is 1. The number of hydrogen-bond acceptors (Lipinski definition) is 3. The zero-order valence-electron chi connectivity index (χ0n) is 11.5. The third-order valence-corrected chi connectivity index (χ3v) is 3.51. The first kappa shape index (κ1) is 13.9. The second-order valence-corrected chi connectivity index (χ2v) is 4.96. The van der Waals surface area contributed by atoms with Crippen molar-refractivity contribution >= 4 is 5.91 Å². The lowest BCUT2D eigenvalue weighted by Crippen LogP contribution is -2.43. The van der Waals surface area contributed by atoms with Gasteiger partial charge in [-0.25, -0.2) is 0 Å². The number of hydrogen-bond donors (Lipinski definition) is 1. The van der Waals surface area contributed by atoms with E-state index in [9.17, 15) is 4.79 Å². The van der Waals surface area contributed by atoms with E-state index in [4.69, 9.17) is 10.5 Å². The van der Waals surface area contributed by atoms with Gasteiger partial charge >= 0.3 is 0 Å². The van der Waals surface area contributed by atoms with Crippen LogP contribution < -0.4 is 10.5 Å². The summed E-state index contributed by atoms with van der Waals surface area (Å²) in [5.74, 6) is 0.786. The largest absolute Gasteiger partial charge is 0.481 e. The number of carbonyl (C=O) groups is 1. The Balaban J connectivity index is 1.99. The van der Waals surface area contributed by atoms with Crippen molar-refractivity contribution in [3.8, 4) is 5.75 Å². The molecule has 104 valence electrons. The maximum atomic E-state index is 12.3. The van der Waals surface area contributed by atoms with Gasteiger partial charge in [0.1, 0.15) is 5.75 Å². The molecule has 2 rings (SSSR count). The summed E-state index contributed by atoms with van der Waals surface area (Å²) in [5, 5.41) is 0. The van der Waals surface area contributed by atoms with Crippen LogP contribution in [-0.2, 0) is 11.3 Å². The van der Waals surface area contributed by atoms with Gasteiger partial charge in [-0.05, 0) is 32.3 Å². The van der Waals surface area contributed by atoms with Gasteiger partial charge < -0.3 is 15.4 Å². The van der Waals surface area contributed by atoms with Gasteiger partial charge in [-0.1, -0.05) is 18.2 Å². The van der Waals surface area contributed by atoms with E-state index in [1.165, 1.54) is 6.42 Å². The summed E-state index contributed by atoms with van der Waals surface area (Å²) in [4.78, 5) is 14.2. The van der Waals surface area contributed by atoms with Crippen molar-refractivity contribution in [2.75, 3.05) is 13.1 Å². The van der Waals surface area contributed by atoms with Crippen LogP contribution in [-0.4, -0.2) is 30.0 Å². The van der Waals surface area contributed by atoms with E-state index in [-0.39, 0.29) is 5.91 Å². The quantitative estimate of drug-likeness (QED) is 0.902. The molecule has 0 aliphatic carbocycles. The molecule has 19 heavy (non-hydrogen) atoms. The molecule has 0 spiro atoms. The molecule has 1 atom stereocenters. The molecule has 1 aliphatic rings. The Hall–Kier alpha value is -1.55. The minimum absolute atomic E-state index is 0.0755. The molecule has 1 aromatic rings. The summed E-state index contributed by atoms with van der Waals surface area (Å²) in [5.41, 5.74) is 6.60. The zero-order valence-corrected chi connectivity index (χ0v) is 11.5. The van der Waals surface area contributed by atoms with E-state index in [0.29, 0.717) is 12.3 Å².